The average molecular weight is 276 g/mol. The number of rotatable bonds is 3. The summed E-state index contributed by atoms with van der Waals surface area (Å²) >= 11 is 1.38. The van der Waals surface area contributed by atoms with Gasteiger partial charge in [-0.05, 0) is 26.3 Å². The summed E-state index contributed by atoms with van der Waals surface area (Å²) in [5, 5.41) is 0.858. The van der Waals surface area contributed by atoms with E-state index in [1.807, 2.05) is 26.0 Å². The van der Waals surface area contributed by atoms with Crippen molar-refractivity contribution < 1.29 is 9.63 Å². The molecule has 1 heterocycles. The number of carbonyl (C=O) groups is 1. The fraction of sp³-hybridized carbons (Fsp3) is 0.286. The molecule has 100 valence electrons. The maximum atomic E-state index is 11.8. The average Bonchev–Trinajstić information content (AvgIpc) is 2.71. The zero-order valence-corrected chi connectivity index (χ0v) is 12.2. The van der Waals surface area contributed by atoms with Gasteiger partial charge in [-0.3, -0.25) is 9.63 Å². The van der Waals surface area contributed by atoms with E-state index in [-0.39, 0.29) is 5.91 Å². The van der Waals surface area contributed by atoms with Crippen LogP contribution in [0.15, 0.2) is 18.2 Å². The lowest BCUT2D eigenvalue weighted by Gasteiger charge is -2.02. The number of nitrogens with zero attached hydrogens (tertiary/aromatic N) is 1. The Labute approximate surface area is 116 Å². The van der Waals surface area contributed by atoms with Gasteiger partial charge in [-0.25, -0.2) is 10.5 Å². The summed E-state index contributed by atoms with van der Waals surface area (Å²) in [7, 11) is 1.42. The van der Waals surface area contributed by atoms with Crippen LogP contribution in [-0.4, -0.2) is 18.0 Å². The summed E-state index contributed by atoms with van der Waals surface area (Å²) in [4.78, 5) is 21.5. The first-order valence-corrected chi connectivity index (χ1v) is 6.73. The Morgan fingerprint density at radius 1 is 1.32 bits per heavy atom. The maximum absolute atomic E-state index is 11.8. The van der Waals surface area contributed by atoms with Gasteiger partial charge < -0.3 is 0 Å². The van der Waals surface area contributed by atoms with Crippen molar-refractivity contribution in [3.63, 3.8) is 0 Å². The second-order valence-electron chi connectivity index (χ2n) is 4.39. The quantitative estimate of drug-likeness (QED) is 0.877. The zero-order valence-electron chi connectivity index (χ0n) is 11.4. The molecule has 0 aliphatic heterocycles. The SMILES string of the molecule is CONC(=O)c1sc(-c2ccc(C)cc2C)nc1C. The highest BCUT2D eigenvalue weighted by molar-refractivity contribution is 7.17. The minimum absolute atomic E-state index is 0.256. The Hall–Kier alpha value is -1.72. The molecule has 1 N–H and O–H groups in total. The second-order valence-corrected chi connectivity index (χ2v) is 5.39. The van der Waals surface area contributed by atoms with Crippen LogP contribution in [0.25, 0.3) is 10.6 Å². The first-order chi connectivity index (χ1) is 9.02. The van der Waals surface area contributed by atoms with E-state index < -0.39 is 0 Å². The van der Waals surface area contributed by atoms with Crippen molar-refractivity contribution in [2.45, 2.75) is 20.8 Å². The van der Waals surface area contributed by atoms with Crippen molar-refractivity contribution in [3.05, 3.63) is 39.9 Å². The van der Waals surface area contributed by atoms with E-state index in [9.17, 15) is 4.79 Å². The molecule has 1 aromatic heterocycles. The van der Waals surface area contributed by atoms with Gasteiger partial charge in [0.15, 0.2) is 0 Å². The van der Waals surface area contributed by atoms with Crippen LogP contribution in [0.3, 0.4) is 0 Å². The van der Waals surface area contributed by atoms with Crippen LogP contribution in [0.2, 0.25) is 0 Å². The van der Waals surface area contributed by atoms with Crippen LogP contribution in [0.4, 0.5) is 0 Å². The molecule has 2 aromatic rings. The van der Waals surface area contributed by atoms with Crippen LogP contribution in [0, 0.1) is 20.8 Å². The highest BCUT2D eigenvalue weighted by Crippen LogP contribution is 2.30. The lowest BCUT2D eigenvalue weighted by atomic mass is 10.1. The summed E-state index contributed by atoms with van der Waals surface area (Å²) in [6.45, 7) is 5.93. The lowest BCUT2D eigenvalue weighted by Crippen LogP contribution is -2.21. The third-order valence-corrected chi connectivity index (χ3v) is 4.00. The summed E-state index contributed by atoms with van der Waals surface area (Å²) in [6, 6.07) is 6.20. The van der Waals surface area contributed by atoms with Crippen molar-refractivity contribution in [1.29, 1.82) is 0 Å². The largest absolute Gasteiger partial charge is 0.286 e. The highest BCUT2D eigenvalue weighted by Gasteiger charge is 2.16. The van der Waals surface area contributed by atoms with Gasteiger partial charge >= 0.3 is 0 Å². The molecule has 4 nitrogen and oxygen atoms in total. The van der Waals surface area contributed by atoms with E-state index in [2.05, 4.69) is 28.3 Å². The number of carbonyl (C=O) groups excluding carboxylic acids is 1. The number of hydroxylamine groups is 1. The monoisotopic (exact) mass is 276 g/mol. The Morgan fingerprint density at radius 3 is 2.68 bits per heavy atom. The Bertz CT molecular complexity index is 620. The van der Waals surface area contributed by atoms with E-state index in [4.69, 9.17) is 0 Å². The van der Waals surface area contributed by atoms with E-state index in [1.54, 1.807) is 0 Å². The number of aromatic nitrogens is 1. The molecule has 0 fully saturated rings. The van der Waals surface area contributed by atoms with Crippen molar-refractivity contribution in [2.75, 3.05) is 7.11 Å². The summed E-state index contributed by atoms with van der Waals surface area (Å²) in [5.41, 5.74) is 6.48. The number of aryl methyl sites for hydroxylation is 3. The summed E-state index contributed by atoms with van der Waals surface area (Å²) < 4.78 is 0. The topological polar surface area (TPSA) is 51.2 Å². The zero-order chi connectivity index (χ0) is 14.0. The van der Waals surface area contributed by atoms with Crippen LogP contribution in [0.5, 0.6) is 0 Å². The molecule has 0 radical (unpaired) electrons. The molecule has 0 saturated carbocycles. The minimum Gasteiger partial charge on any atom is -0.277 e. The predicted octanol–water partition coefficient (Wildman–Crippen LogP) is 3.03. The van der Waals surface area contributed by atoms with E-state index in [1.165, 1.54) is 24.0 Å². The van der Waals surface area contributed by atoms with Crippen molar-refractivity contribution in [2.24, 2.45) is 0 Å². The number of hydrogen-bond donors (Lipinski definition) is 1. The third-order valence-electron chi connectivity index (χ3n) is 2.81. The van der Waals surface area contributed by atoms with E-state index >= 15 is 0 Å². The second kappa shape index (κ2) is 5.50. The Kier molecular flexibility index (Phi) is 3.97. The summed E-state index contributed by atoms with van der Waals surface area (Å²) in [6.07, 6.45) is 0. The van der Waals surface area contributed by atoms with Gasteiger partial charge in [0.25, 0.3) is 5.91 Å². The molecule has 19 heavy (non-hydrogen) atoms. The molecular weight excluding hydrogens is 260 g/mol. The van der Waals surface area contributed by atoms with Gasteiger partial charge in [0.2, 0.25) is 0 Å². The molecule has 5 heteroatoms. The first-order valence-electron chi connectivity index (χ1n) is 5.91. The normalized spacial score (nSPS) is 10.5. The number of benzene rings is 1. The van der Waals surface area contributed by atoms with Crippen LogP contribution in [-0.2, 0) is 4.84 Å². The molecule has 0 saturated heterocycles. The maximum Gasteiger partial charge on any atom is 0.286 e. The standard InChI is InChI=1S/C14H16N2O2S/c1-8-5-6-11(9(2)7-8)14-15-10(3)12(19-14)13(17)16-18-4/h5-7H,1-4H3,(H,16,17). The number of amides is 1. The van der Waals surface area contributed by atoms with Gasteiger partial charge in [0.1, 0.15) is 9.88 Å². The van der Waals surface area contributed by atoms with Crippen LogP contribution < -0.4 is 5.48 Å². The van der Waals surface area contributed by atoms with Crippen LogP contribution in [0.1, 0.15) is 26.5 Å². The smallest absolute Gasteiger partial charge is 0.277 e. The molecule has 0 spiro atoms. The molecule has 2 rings (SSSR count). The molecule has 0 atom stereocenters. The molecule has 0 aliphatic carbocycles. The highest BCUT2D eigenvalue weighted by atomic mass is 32.1. The predicted molar refractivity (Wildman–Crippen MR) is 76.2 cm³/mol. The van der Waals surface area contributed by atoms with Crippen molar-refractivity contribution >= 4 is 17.2 Å². The molecule has 1 amide bonds. The fourth-order valence-corrected chi connectivity index (χ4v) is 2.96. The van der Waals surface area contributed by atoms with Gasteiger partial charge in [0.05, 0.1) is 12.8 Å². The number of hydrogen-bond acceptors (Lipinski definition) is 4. The van der Waals surface area contributed by atoms with Gasteiger partial charge in [-0.2, -0.15) is 0 Å². The molecule has 1 aromatic carbocycles. The number of nitrogens with one attached hydrogen (secondary N) is 1. The molecule has 0 aliphatic rings. The third kappa shape index (κ3) is 2.83. The van der Waals surface area contributed by atoms with Gasteiger partial charge in [-0.15, -0.1) is 11.3 Å². The fourth-order valence-electron chi connectivity index (χ4n) is 1.91. The van der Waals surface area contributed by atoms with E-state index in [0.29, 0.717) is 4.88 Å². The first kappa shape index (κ1) is 13.7. The molecule has 0 bridgehead atoms. The minimum atomic E-state index is -0.256. The van der Waals surface area contributed by atoms with Crippen molar-refractivity contribution in [3.8, 4) is 10.6 Å². The van der Waals surface area contributed by atoms with Gasteiger partial charge in [-0.1, -0.05) is 23.8 Å². The number of thiazole rings is 1. The van der Waals surface area contributed by atoms with Gasteiger partial charge in [0, 0.05) is 5.56 Å². The molecular formula is C14H16N2O2S. The lowest BCUT2D eigenvalue weighted by molar-refractivity contribution is 0.0541. The Balaban J connectivity index is 2.42. The Morgan fingerprint density at radius 2 is 2.05 bits per heavy atom. The van der Waals surface area contributed by atoms with Crippen molar-refractivity contribution in [1.82, 2.24) is 10.5 Å². The summed E-state index contributed by atoms with van der Waals surface area (Å²) in [5.74, 6) is -0.256. The molecule has 0 unspecified atom stereocenters. The van der Waals surface area contributed by atoms with Crippen LogP contribution >= 0.6 is 11.3 Å². The van der Waals surface area contributed by atoms with E-state index in [0.717, 1.165) is 21.8 Å².